The second kappa shape index (κ2) is 9.31. The SMILES string of the molecule is COc1cc(-c2ccc(-c3cnc(N4CCN[C@@H](C(C)C)C4)nn3)c(O)c2)nc(OC)n1. The minimum absolute atomic E-state index is 0.0462. The number of methoxy groups -OCH3 is 2. The molecule has 32 heavy (non-hydrogen) atoms. The monoisotopic (exact) mass is 437 g/mol. The number of nitrogens with zero attached hydrogens (tertiary/aromatic N) is 6. The number of benzene rings is 1. The van der Waals surface area contributed by atoms with E-state index in [1.54, 1.807) is 24.4 Å². The Morgan fingerprint density at radius 1 is 1.09 bits per heavy atom. The lowest BCUT2D eigenvalue weighted by atomic mass is 10.0. The lowest BCUT2D eigenvalue weighted by molar-refractivity contribution is 0.352. The molecule has 10 nitrogen and oxygen atoms in total. The summed E-state index contributed by atoms with van der Waals surface area (Å²) in [7, 11) is 3.00. The molecule has 168 valence electrons. The maximum atomic E-state index is 10.7. The summed E-state index contributed by atoms with van der Waals surface area (Å²) in [6, 6.07) is 7.44. The fraction of sp³-hybridized carbons (Fsp3) is 0.409. The van der Waals surface area contributed by atoms with Gasteiger partial charge in [0.05, 0.1) is 26.1 Å². The largest absolute Gasteiger partial charge is 0.507 e. The molecule has 3 heterocycles. The van der Waals surface area contributed by atoms with E-state index in [1.807, 2.05) is 6.07 Å². The Labute approximate surface area is 186 Å². The highest BCUT2D eigenvalue weighted by Crippen LogP contribution is 2.33. The summed E-state index contributed by atoms with van der Waals surface area (Å²) in [6.07, 6.45) is 1.64. The van der Waals surface area contributed by atoms with Crippen molar-refractivity contribution < 1.29 is 14.6 Å². The number of hydrogen-bond donors (Lipinski definition) is 2. The third-order valence-corrected chi connectivity index (χ3v) is 5.49. The van der Waals surface area contributed by atoms with Gasteiger partial charge in [0, 0.05) is 42.9 Å². The number of rotatable bonds is 6. The lowest BCUT2D eigenvalue weighted by Crippen LogP contribution is -2.53. The molecule has 0 radical (unpaired) electrons. The third kappa shape index (κ3) is 4.54. The quantitative estimate of drug-likeness (QED) is 0.594. The van der Waals surface area contributed by atoms with Crippen LogP contribution in [-0.4, -0.2) is 70.2 Å². The molecule has 1 aromatic carbocycles. The van der Waals surface area contributed by atoms with E-state index >= 15 is 0 Å². The molecule has 0 saturated carbocycles. The average molecular weight is 438 g/mol. The van der Waals surface area contributed by atoms with E-state index in [2.05, 4.69) is 49.2 Å². The molecule has 0 amide bonds. The zero-order valence-electron chi connectivity index (χ0n) is 18.6. The highest BCUT2D eigenvalue weighted by molar-refractivity contribution is 5.73. The van der Waals surface area contributed by atoms with Crippen LogP contribution in [0.2, 0.25) is 0 Å². The summed E-state index contributed by atoms with van der Waals surface area (Å²) in [5, 5.41) is 22.8. The number of ether oxygens (including phenoxy) is 2. The van der Waals surface area contributed by atoms with Crippen LogP contribution in [0.5, 0.6) is 17.6 Å². The molecule has 1 aliphatic rings. The fourth-order valence-corrected chi connectivity index (χ4v) is 3.60. The molecule has 10 heteroatoms. The minimum atomic E-state index is 0.0462. The molecule has 2 N–H and O–H groups in total. The van der Waals surface area contributed by atoms with E-state index < -0.39 is 0 Å². The maximum Gasteiger partial charge on any atom is 0.320 e. The van der Waals surface area contributed by atoms with Crippen molar-refractivity contribution in [1.82, 2.24) is 30.5 Å². The highest BCUT2D eigenvalue weighted by Gasteiger charge is 2.24. The van der Waals surface area contributed by atoms with Crippen LogP contribution >= 0.6 is 0 Å². The molecule has 4 rings (SSSR count). The molecule has 1 aliphatic heterocycles. The number of phenols is 1. The predicted molar refractivity (Wildman–Crippen MR) is 120 cm³/mol. The van der Waals surface area contributed by atoms with Crippen LogP contribution in [-0.2, 0) is 0 Å². The Morgan fingerprint density at radius 3 is 2.59 bits per heavy atom. The van der Waals surface area contributed by atoms with Gasteiger partial charge in [0.15, 0.2) is 0 Å². The van der Waals surface area contributed by atoms with E-state index in [9.17, 15) is 5.11 Å². The van der Waals surface area contributed by atoms with Gasteiger partial charge >= 0.3 is 6.01 Å². The Kier molecular flexibility index (Phi) is 6.31. The summed E-state index contributed by atoms with van der Waals surface area (Å²) in [5.41, 5.74) is 2.27. The number of piperazine rings is 1. The van der Waals surface area contributed by atoms with Crippen molar-refractivity contribution in [1.29, 1.82) is 0 Å². The summed E-state index contributed by atoms with van der Waals surface area (Å²) < 4.78 is 10.3. The standard InChI is InChI=1S/C22H27N7O3/c1-13(2)18-12-29(8-7-23-18)21-24-11-17(27-28-21)15-6-5-14(9-19(15)30)16-10-20(31-3)26-22(25-16)32-4/h5-6,9-11,13,18,23,30H,7-8,12H2,1-4H3/t18-/m1/s1. The first-order valence-corrected chi connectivity index (χ1v) is 10.5. The van der Waals surface area contributed by atoms with Crippen LogP contribution in [0.3, 0.4) is 0 Å². The van der Waals surface area contributed by atoms with Gasteiger partial charge in [0.1, 0.15) is 11.4 Å². The Bertz CT molecular complexity index is 1050. The summed E-state index contributed by atoms with van der Waals surface area (Å²) >= 11 is 0. The number of aromatic hydroxyl groups is 1. The van der Waals surface area contributed by atoms with Gasteiger partial charge in [0.2, 0.25) is 11.8 Å². The first-order valence-electron chi connectivity index (χ1n) is 10.5. The maximum absolute atomic E-state index is 10.7. The first-order chi connectivity index (χ1) is 15.5. The van der Waals surface area contributed by atoms with Crippen LogP contribution in [0.25, 0.3) is 22.5 Å². The van der Waals surface area contributed by atoms with Crippen molar-refractivity contribution in [3.63, 3.8) is 0 Å². The molecule has 0 unspecified atom stereocenters. The van der Waals surface area contributed by atoms with Crippen LogP contribution in [0, 0.1) is 5.92 Å². The van der Waals surface area contributed by atoms with Gasteiger partial charge in [-0.2, -0.15) is 9.97 Å². The van der Waals surface area contributed by atoms with Crippen molar-refractivity contribution in [3.05, 3.63) is 30.5 Å². The second-order valence-electron chi connectivity index (χ2n) is 7.91. The van der Waals surface area contributed by atoms with Gasteiger partial charge in [-0.3, -0.25) is 0 Å². The molecule has 1 atom stereocenters. The van der Waals surface area contributed by atoms with E-state index in [0.717, 1.165) is 19.6 Å². The van der Waals surface area contributed by atoms with E-state index in [1.165, 1.54) is 14.2 Å². The Balaban J connectivity index is 1.56. The highest BCUT2D eigenvalue weighted by atomic mass is 16.5. The zero-order chi connectivity index (χ0) is 22.7. The average Bonchev–Trinajstić information content (AvgIpc) is 2.83. The van der Waals surface area contributed by atoms with Gasteiger partial charge in [-0.1, -0.05) is 19.9 Å². The molecule has 0 spiro atoms. The van der Waals surface area contributed by atoms with Crippen LogP contribution in [0.4, 0.5) is 5.95 Å². The molecule has 1 fully saturated rings. The summed E-state index contributed by atoms with van der Waals surface area (Å²) in [4.78, 5) is 15.0. The van der Waals surface area contributed by atoms with Crippen LogP contribution < -0.4 is 19.7 Å². The van der Waals surface area contributed by atoms with E-state index in [4.69, 9.17) is 9.47 Å². The van der Waals surface area contributed by atoms with Crippen molar-refractivity contribution in [2.75, 3.05) is 38.8 Å². The topological polar surface area (TPSA) is 118 Å². The molecule has 1 saturated heterocycles. The lowest BCUT2D eigenvalue weighted by Gasteiger charge is -2.35. The van der Waals surface area contributed by atoms with Gasteiger partial charge in [-0.25, -0.2) is 4.98 Å². The second-order valence-corrected chi connectivity index (χ2v) is 7.91. The van der Waals surface area contributed by atoms with Crippen LogP contribution in [0.15, 0.2) is 30.5 Å². The first kappa shape index (κ1) is 21.7. The molecular formula is C22H27N7O3. The smallest absolute Gasteiger partial charge is 0.320 e. The van der Waals surface area contributed by atoms with E-state index in [0.29, 0.717) is 46.3 Å². The minimum Gasteiger partial charge on any atom is -0.507 e. The van der Waals surface area contributed by atoms with Gasteiger partial charge in [0.25, 0.3) is 0 Å². The van der Waals surface area contributed by atoms with Crippen molar-refractivity contribution >= 4 is 5.95 Å². The molecule has 2 aromatic heterocycles. The van der Waals surface area contributed by atoms with Crippen molar-refractivity contribution in [2.24, 2.45) is 5.92 Å². The number of hydrogen-bond acceptors (Lipinski definition) is 10. The summed E-state index contributed by atoms with van der Waals surface area (Å²) in [6.45, 7) is 6.95. The number of anilines is 1. The van der Waals surface area contributed by atoms with Crippen molar-refractivity contribution in [3.8, 4) is 40.2 Å². The summed E-state index contributed by atoms with van der Waals surface area (Å²) in [5.74, 6) is 1.53. The molecular weight excluding hydrogens is 410 g/mol. The predicted octanol–water partition coefficient (Wildman–Crippen LogP) is 2.15. The molecule has 0 bridgehead atoms. The Morgan fingerprint density at radius 2 is 1.94 bits per heavy atom. The molecule has 3 aromatic rings. The third-order valence-electron chi connectivity index (χ3n) is 5.49. The van der Waals surface area contributed by atoms with E-state index in [-0.39, 0.29) is 11.8 Å². The number of aromatic nitrogens is 5. The van der Waals surface area contributed by atoms with Crippen LogP contribution in [0.1, 0.15) is 13.8 Å². The Hall–Kier alpha value is -3.53. The van der Waals surface area contributed by atoms with Gasteiger partial charge in [-0.15, -0.1) is 10.2 Å². The number of phenolic OH excluding ortho intramolecular Hbond substituents is 1. The zero-order valence-corrected chi connectivity index (χ0v) is 18.6. The normalized spacial score (nSPS) is 16.3. The fourth-order valence-electron chi connectivity index (χ4n) is 3.60. The molecule has 0 aliphatic carbocycles. The van der Waals surface area contributed by atoms with Gasteiger partial charge in [-0.05, 0) is 18.1 Å². The van der Waals surface area contributed by atoms with Gasteiger partial charge < -0.3 is 24.8 Å². The van der Waals surface area contributed by atoms with Crippen molar-refractivity contribution in [2.45, 2.75) is 19.9 Å². The number of nitrogens with one attached hydrogen (secondary N) is 1.